The number of hydrogen-bond donors (Lipinski definition) is 1. The van der Waals surface area contributed by atoms with Crippen LogP contribution in [0.15, 0.2) is 41.0 Å². The average molecular weight is 386 g/mol. The first-order valence-corrected chi connectivity index (χ1v) is 8.32. The number of carbonyl (C=O) groups excluding carboxylic acids is 1. The number of carbonyl (C=O) groups is 1. The van der Waals surface area contributed by atoms with Crippen LogP contribution in [0, 0.1) is 11.3 Å². The van der Waals surface area contributed by atoms with E-state index >= 15 is 0 Å². The number of hydrogen-bond acceptors (Lipinski definition) is 4. The average Bonchev–Trinajstić information content (AvgIpc) is 2.60. The van der Waals surface area contributed by atoms with Gasteiger partial charge in [0.05, 0.1) is 31.5 Å². The molecule has 1 unspecified atom stereocenters. The summed E-state index contributed by atoms with van der Waals surface area (Å²) >= 11 is 3.38. The van der Waals surface area contributed by atoms with Crippen molar-refractivity contribution < 1.29 is 9.53 Å². The molecular weight excluding hydrogens is 370 g/mol. The lowest BCUT2D eigenvalue weighted by Gasteiger charge is -2.30. The van der Waals surface area contributed by atoms with E-state index in [4.69, 9.17) is 4.74 Å². The highest BCUT2D eigenvalue weighted by Gasteiger charge is 2.33. The van der Waals surface area contributed by atoms with E-state index in [2.05, 4.69) is 32.3 Å². The molecule has 0 spiro atoms. The number of nitrogens with one attached hydrogen (secondary N) is 1. The molecule has 1 aromatic carbocycles. The summed E-state index contributed by atoms with van der Waals surface area (Å²) in [5.41, 5.74) is 2.40. The third-order valence-corrected chi connectivity index (χ3v) is 4.56. The number of rotatable bonds is 3. The minimum absolute atomic E-state index is 0.189. The van der Waals surface area contributed by atoms with E-state index in [9.17, 15) is 10.1 Å². The van der Waals surface area contributed by atoms with Gasteiger partial charge >= 0.3 is 0 Å². The monoisotopic (exact) mass is 385 g/mol. The third-order valence-electron chi connectivity index (χ3n) is 4.07. The minimum atomic E-state index is -0.726. The van der Waals surface area contributed by atoms with Crippen LogP contribution in [-0.4, -0.2) is 17.5 Å². The number of amides is 1. The normalized spacial score (nSPS) is 19.2. The van der Waals surface area contributed by atoms with Crippen molar-refractivity contribution in [2.45, 2.75) is 25.5 Å². The zero-order valence-electron chi connectivity index (χ0n) is 13.2. The Morgan fingerprint density at radius 1 is 1.46 bits per heavy atom. The Morgan fingerprint density at radius 2 is 2.29 bits per heavy atom. The summed E-state index contributed by atoms with van der Waals surface area (Å²) in [6.07, 6.45) is 1.68. The molecule has 1 aliphatic rings. The lowest BCUT2D eigenvalue weighted by Crippen LogP contribution is -2.33. The summed E-state index contributed by atoms with van der Waals surface area (Å²) in [7, 11) is 0. The van der Waals surface area contributed by atoms with Crippen molar-refractivity contribution >= 4 is 21.8 Å². The molecule has 0 radical (unpaired) electrons. The van der Waals surface area contributed by atoms with Gasteiger partial charge in [-0.15, -0.1) is 0 Å². The number of aromatic nitrogens is 1. The molecule has 2 aromatic rings. The van der Waals surface area contributed by atoms with Crippen molar-refractivity contribution in [3.8, 4) is 6.07 Å². The number of nitriles is 1. The minimum Gasteiger partial charge on any atom is -0.375 e. The first-order chi connectivity index (χ1) is 11.5. The number of halogens is 1. The highest BCUT2D eigenvalue weighted by Crippen LogP contribution is 2.32. The molecule has 5 nitrogen and oxygen atoms in total. The van der Waals surface area contributed by atoms with Gasteiger partial charge in [0.2, 0.25) is 0 Å². The standard InChI is InChI=1S/C18H16BrN3O2/c1-18(10-20)11-24-9-13-3-2-12(6-16(13)18)17(23)22-8-15-7-14(19)4-5-21-15/h2-7H,8-9,11H2,1H3,(H,22,23). The molecule has 1 aliphatic heterocycles. The Bertz CT molecular complexity index is 831. The van der Waals surface area contributed by atoms with Crippen LogP contribution in [0.3, 0.4) is 0 Å². The molecule has 0 aliphatic carbocycles. The van der Waals surface area contributed by atoms with Crippen LogP contribution in [0.2, 0.25) is 0 Å². The van der Waals surface area contributed by atoms with Gasteiger partial charge in [0.15, 0.2) is 0 Å². The van der Waals surface area contributed by atoms with Crippen LogP contribution >= 0.6 is 15.9 Å². The van der Waals surface area contributed by atoms with Crippen LogP contribution in [0.5, 0.6) is 0 Å². The summed E-state index contributed by atoms with van der Waals surface area (Å²) in [4.78, 5) is 16.6. The Morgan fingerprint density at radius 3 is 3.04 bits per heavy atom. The maximum absolute atomic E-state index is 12.4. The lowest BCUT2D eigenvalue weighted by atomic mass is 9.79. The maximum Gasteiger partial charge on any atom is 0.251 e. The van der Waals surface area contributed by atoms with Crippen LogP contribution in [0.25, 0.3) is 0 Å². The van der Waals surface area contributed by atoms with Gasteiger partial charge < -0.3 is 10.1 Å². The molecular formula is C18H16BrN3O2. The van der Waals surface area contributed by atoms with Gasteiger partial charge in [-0.05, 0) is 42.3 Å². The highest BCUT2D eigenvalue weighted by atomic mass is 79.9. The SMILES string of the molecule is CC1(C#N)COCc2ccc(C(=O)NCc3cc(Br)ccn3)cc21. The predicted octanol–water partition coefficient (Wildman–Crippen LogP) is 3.09. The molecule has 1 amide bonds. The van der Waals surface area contributed by atoms with E-state index < -0.39 is 5.41 Å². The van der Waals surface area contributed by atoms with E-state index in [1.807, 2.05) is 25.1 Å². The van der Waals surface area contributed by atoms with Crippen molar-refractivity contribution in [1.29, 1.82) is 5.26 Å². The van der Waals surface area contributed by atoms with Crippen molar-refractivity contribution in [3.05, 3.63) is 63.4 Å². The molecule has 0 fully saturated rings. The molecule has 24 heavy (non-hydrogen) atoms. The molecule has 3 rings (SSSR count). The summed E-state index contributed by atoms with van der Waals surface area (Å²) < 4.78 is 6.40. The van der Waals surface area contributed by atoms with Gasteiger partial charge in [-0.3, -0.25) is 9.78 Å². The first-order valence-electron chi connectivity index (χ1n) is 7.53. The molecule has 0 bridgehead atoms. The number of nitrogens with zero attached hydrogens (tertiary/aromatic N) is 2. The van der Waals surface area contributed by atoms with Crippen LogP contribution < -0.4 is 5.32 Å². The zero-order chi connectivity index (χ0) is 17.2. The lowest BCUT2D eigenvalue weighted by molar-refractivity contribution is 0.0757. The van der Waals surface area contributed by atoms with E-state index in [-0.39, 0.29) is 5.91 Å². The Labute approximate surface area is 148 Å². The van der Waals surface area contributed by atoms with Crippen molar-refractivity contribution in [3.63, 3.8) is 0 Å². The summed E-state index contributed by atoms with van der Waals surface area (Å²) in [5, 5.41) is 12.3. The van der Waals surface area contributed by atoms with Crippen molar-refractivity contribution in [2.75, 3.05) is 6.61 Å². The van der Waals surface area contributed by atoms with Crippen molar-refractivity contribution in [2.24, 2.45) is 0 Å². The van der Waals surface area contributed by atoms with Gasteiger partial charge in [0, 0.05) is 16.2 Å². The molecule has 0 saturated carbocycles. The van der Waals surface area contributed by atoms with Gasteiger partial charge in [0.1, 0.15) is 5.41 Å². The topological polar surface area (TPSA) is 75.0 Å². The quantitative estimate of drug-likeness (QED) is 0.880. The Balaban J connectivity index is 1.79. The summed E-state index contributed by atoms with van der Waals surface area (Å²) in [6, 6.07) is 11.4. The van der Waals surface area contributed by atoms with Crippen LogP contribution in [0.4, 0.5) is 0 Å². The number of benzene rings is 1. The molecule has 1 atom stereocenters. The van der Waals surface area contributed by atoms with E-state index in [1.54, 1.807) is 18.3 Å². The van der Waals surface area contributed by atoms with Crippen LogP contribution in [0.1, 0.15) is 34.1 Å². The fourth-order valence-corrected chi connectivity index (χ4v) is 3.09. The molecule has 2 heterocycles. The van der Waals surface area contributed by atoms with Gasteiger partial charge in [0.25, 0.3) is 5.91 Å². The summed E-state index contributed by atoms with van der Waals surface area (Å²) in [5.74, 6) is -0.189. The summed E-state index contributed by atoms with van der Waals surface area (Å²) in [6.45, 7) is 2.98. The van der Waals surface area contributed by atoms with E-state index in [0.717, 1.165) is 21.3 Å². The fraction of sp³-hybridized carbons (Fsp3) is 0.278. The van der Waals surface area contributed by atoms with Gasteiger partial charge in [-0.2, -0.15) is 5.26 Å². The maximum atomic E-state index is 12.4. The molecule has 1 N–H and O–H groups in total. The number of pyridine rings is 1. The highest BCUT2D eigenvalue weighted by molar-refractivity contribution is 9.10. The second-order valence-corrected chi connectivity index (χ2v) is 6.87. The van der Waals surface area contributed by atoms with Gasteiger partial charge in [-0.1, -0.05) is 22.0 Å². The fourth-order valence-electron chi connectivity index (χ4n) is 2.71. The zero-order valence-corrected chi connectivity index (χ0v) is 14.8. The molecule has 0 saturated heterocycles. The Kier molecular flexibility index (Phi) is 4.65. The largest absolute Gasteiger partial charge is 0.375 e. The Hall–Kier alpha value is -2.23. The number of fused-ring (bicyclic) bond motifs is 1. The molecule has 1 aromatic heterocycles. The predicted molar refractivity (Wildman–Crippen MR) is 92.2 cm³/mol. The number of ether oxygens (including phenoxy) is 1. The van der Waals surface area contributed by atoms with Gasteiger partial charge in [-0.25, -0.2) is 0 Å². The first kappa shape index (κ1) is 16.6. The third kappa shape index (κ3) is 3.32. The van der Waals surface area contributed by atoms with E-state index in [0.29, 0.717) is 25.3 Å². The molecule has 6 heteroatoms. The second-order valence-electron chi connectivity index (χ2n) is 5.96. The van der Waals surface area contributed by atoms with Crippen LogP contribution in [-0.2, 0) is 23.3 Å². The second kappa shape index (κ2) is 6.71. The smallest absolute Gasteiger partial charge is 0.251 e. The van der Waals surface area contributed by atoms with E-state index in [1.165, 1.54) is 0 Å². The van der Waals surface area contributed by atoms with Crippen molar-refractivity contribution in [1.82, 2.24) is 10.3 Å². The molecule has 122 valence electrons.